The molecule has 1 atom stereocenters. The number of nitrogens with one attached hydrogen (secondary N) is 1. The van der Waals surface area contributed by atoms with Crippen molar-refractivity contribution in [3.8, 4) is 0 Å². The van der Waals surface area contributed by atoms with Crippen LogP contribution in [0.1, 0.15) is 18.1 Å². The Morgan fingerprint density at radius 3 is 2.67 bits per heavy atom. The fourth-order valence-corrected chi connectivity index (χ4v) is 2.67. The van der Waals surface area contributed by atoms with Crippen molar-refractivity contribution in [2.24, 2.45) is 0 Å². The second-order valence-electron chi connectivity index (χ2n) is 4.82. The quantitative estimate of drug-likeness (QED) is 0.868. The Balaban J connectivity index is 2.12. The molecule has 3 heteroatoms. The van der Waals surface area contributed by atoms with E-state index >= 15 is 0 Å². The molecular formula is C15H15NO2. The molecule has 2 aromatic carbocycles. The average Bonchev–Trinajstić information content (AvgIpc) is 2.77. The van der Waals surface area contributed by atoms with Crippen LogP contribution in [0.5, 0.6) is 0 Å². The van der Waals surface area contributed by atoms with Crippen molar-refractivity contribution < 1.29 is 9.90 Å². The summed E-state index contributed by atoms with van der Waals surface area (Å²) in [6, 6.07) is 9.78. The van der Waals surface area contributed by atoms with Crippen LogP contribution in [0.15, 0.2) is 30.3 Å². The maximum atomic E-state index is 10.9. The van der Waals surface area contributed by atoms with Gasteiger partial charge in [0.1, 0.15) is 6.04 Å². The molecule has 2 aromatic rings. The molecular weight excluding hydrogens is 226 g/mol. The molecule has 0 saturated heterocycles. The fraction of sp³-hybridized carbons (Fsp3) is 0.267. The number of anilines is 1. The third-order valence-corrected chi connectivity index (χ3v) is 3.62. The smallest absolute Gasteiger partial charge is 0.325 e. The molecule has 0 fully saturated rings. The van der Waals surface area contributed by atoms with Crippen LogP contribution >= 0.6 is 0 Å². The minimum Gasteiger partial charge on any atom is -0.480 e. The minimum atomic E-state index is -0.835. The number of carboxylic acids is 1. The van der Waals surface area contributed by atoms with Crippen molar-refractivity contribution in [1.82, 2.24) is 0 Å². The van der Waals surface area contributed by atoms with Crippen molar-refractivity contribution in [2.75, 3.05) is 5.32 Å². The number of aliphatic carboxylic acids is 1. The van der Waals surface area contributed by atoms with Gasteiger partial charge >= 0.3 is 5.97 Å². The number of benzene rings is 2. The van der Waals surface area contributed by atoms with Gasteiger partial charge in [0.15, 0.2) is 0 Å². The fourth-order valence-electron chi connectivity index (χ4n) is 2.67. The van der Waals surface area contributed by atoms with E-state index in [-0.39, 0.29) is 0 Å². The van der Waals surface area contributed by atoms with Crippen LogP contribution < -0.4 is 5.32 Å². The first kappa shape index (κ1) is 11.1. The largest absolute Gasteiger partial charge is 0.480 e. The van der Waals surface area contributed by atoms with E-state index in [0.29, 0.717) is 0 Å². The van der Waals surface area contributed by atoms with Crippen LogP contribution in [0, 0.1) is 0 Å². The molecule has 3 rings (SSSR count). The number of aryl methyl sites for hydroxylation is 2. The maximum absolute atomic E-state index is 10.9. The second kappa shape index (κ2) is 4.02. The van der Waals surface area contributed by atoms with Gasteiger partial charge < -0.3 is 10.4 Å². The van der Waals surface area contributed by atoms with E-state index in [4.69, 9.17) is 5.11 Å². The Kier molecular flexibility index (Phi) is 2.47. The van der Waals surface area contributed by atoms with E-state index in [1.807, 2.05) is 12.1 Å². The van der Waals surface area contributed by atoms with Gasteiger partial charge in [0, 0.05) is 11.1 Å². The molecule has 1 aliphatic rings. The summed E-state index contributed by atoms with van der Waals surface area (Å²) in [5.74, 6) is -0.835. The molecule has 2 N–H and O–H groups in total. The molecule has 0 unspecified atom stereocenters. The Morgan fingerprint density at radius 1 is 1.22 bits per heavy atom. The summed E-state index contributed by atoms with van der Waals surface area (Å²) in [5, 5.41) is 14.5. The monoisotopic (exact) mass is 241 g/mol. The van der Waals surface area contributed by atoms with Crippen LogP contribution in [-0.2, 0) is 17.6 Å². The highest BCUT2D eigenvalue weighted by atomic mass is 16.4. The third kappa shape index (κ3) is 1.63. The summed E-state index contributed by atoms with van der Waals surface area (Å²) >= 11 is 0. The Hall–Kier alpha value is -2.03. The van der Waals surface area contributed by atoms with E-state index in [0.717, 1.165) is 23.9 Å². The van der Waals surface area contributed by atoms with Gasteiger partial charge in [0.2, 0.25) is 0 Å². The van der Waals surface area contributed by atoms with Crippen molar-refractivity contribution in [2.45, 2.75) is 25.8 Å². The summed E-state index contributed by atoms with van der Waals surface area (Å²) in [7, 11) is 0. The zero-order valence-corrected chi connectivity index (χ0v) is 10.2. The van der Waals surface area contributed by atoms with Crippen molar-refractivity contribution in [1.29, 1.82) is 0 Å². The summed E-state index contributed by atoms with van der Waals surface area (Å²) in [6.07, 6.45) is 2.18. The van der Waals surface area contributed by atoms with Crippen molar-refractivity contribution in [3.05, 3.63) is 41.5 Å². The zero-order valence-electron chi connectivity index (χ0n) is 10.2. The summed E-state index contributed by atoms with van der Waals surface area (Å²) in [4.78, 5) is 10.9. The van der Waals surface area contributed by atoms with Crippen LogP contribution in [0.3, 0.4) is 0 Å². The molecule has 0 spiro atoms. The van der Waals surface area contributed by atoms with Gasteiger partial charge in [-0.25, -0.2) is 0 Å². The topological polar surface area (TPSA) is 49.3 Å². The van der Waals surface area contributed by atoms with Gasteiger partial charge in [0.05, 0.1) is 0 Å². The predicted octanol–water partition coefficient (Wildman–Crippen LogP) is 2.82. The van der Waals surface area contributed by atoms with Crippen LogP contribution in [0.4, 0.5) is 5.69 Å². The molecule has 0 radical (unpaired) electrons. The first-order chi connectivity index (χ1) is 8.66. The van der Waals surface area contributed by atoms with Crippen LogP contribution in [0.25, 0.3) is 10.8 Å². The number of hydrogen-bond donors (Lipinski definition) is 2. The molecule has 3 nitrogen and oxygen atoms in total. The SMILES string of the molecule is C[C@@H](Nc1ccc2c3c(cccc13)CC2)C(=O)O. The van der Waals surface area contributed by atoms with E-state index in [1.165, 1.54) is 16.5 Å². The molecule has 0 bridgehead atoms. The molecule has 92 valence electrons. The summed E-state index contributed by atoms with van der Waals surface area (Å²) < 4.78 is 0. The molecule has 0 amide bonds. The lowest BCUT2D eigenvalue weighted by Crippen LogP contribution is -2.25. The highest BCUT2D eigenvalue weighted by Gasteiger charge is 2.17. The van der Waals surface area contributed by atoms with Gasteiger partial charge in [-0.15, -0.1) is 0 Å². The van der Waals surface area contributed by atoms with E-state index in [2.05, 4.69) is 23.5 Å². The highest BCUT2D eigenvalue weighted by Crippen LogP contribution is 2.35. The number of hydrogen-bond acceptors (Lipinski definition) is 2. The molecule has 0 saturated carbocycles. The van der Waals surface area contributed by atoms with Gasteiger partial charge in [-0.1, -0.05) is 24.3 Å². The Morgan fingerprint density at radius 2 is 1.94 bits per heavy atom. The molecule has 0 aliphatic heterocycles. The number of carboxylic acid groups (broad SMARTS) is 1. The lowest BCUT2D eigenvalue weighted by Gasteiger charge is -2.14. The zero-order chi connectivity index (χ0) is 12.7. The van der Waals surface area contributed by atoms with Gasteiger partial charge in [-0.3, -0.25) is 4.79 Å². The van der Waals surface area contributed by atoms with E-state index in [1.54, 1.807) is 6.92 Å². The van der Waals surface area contributed by atoms with E-state index < -0.39 is 12.0 Å². The summed E-state index contributed by atoms with van der Waals surface area (Å²) in [6.45, 7) is 1.66. The molecule has 18 heavy (non-hydrogen) atoms. The summed E-state index contributed by atoms with van der Waals surface area (Å²) in [5.41, 5.74) is 3.65. The average molecular weight is 241 g/mol. The Bertz CT molecular complexity index is 623. The second-order valence-corrected chi connectivity index (χ2v) is 4.82. The van der Waals surface area contributed by atoms with Gasteiger partial charge in [-0.05, 0) is 42.3 Å². The third-order valence-electron chi connectivity index (χ3n) is 3.62. The first-order valence-corrected chi connectivity index (χ1v) is 6.19. The van der Waals surface area contributed by atoms with Crippen molar-refractivity contribution in [3.63, 3.8) is 0 Å². The minimum absolute atomic E-state index is 0.580. The number of carbonyl (C=O) groups is 1. The predicted molar refractivity (Wildman–Crippen MR) is 72.1 cm³/mol. The normalized spacial score (nSPS) is 14.7. The highest BCUT2D eigenvalue weighted by molar-refractivity contribution is 6.00. The van der Waals surface area contributed by atoms with Crippen molar-refractivity contribution >= 4 is 22.4 Å². The maximum Gasteiger partial charge on any atom is 0.325 e. The van der Waals surface area contributed by atoms with Gasteiger partial charge in [-0.2, -0.15) is 0 Å². The standard InChI is InChI=1S/C15H15NO2/c1-9(15(17)18)16-13-8-7-11-6-5-10-3-2-4-12(13)14(10)11/h2-4,7-9,16H,5-6H2,1H3,(H,17,18)/t9-/m1/s1. The molecule has 0 heterocycles. The lowest BCUT2D eigenvalue weighted by molar-refractivity contribution is -0.137. The first-order valence-electron chi connectivity index (χ1n) is 6.19. The van der Waals surface area contributed by atoms with Gasteiger partial charge in [0.25, 0.3) is 0 Å². The Labute approximate surface area is 105 Å². The van der Waals surface area contributed by atoms with Crippen LogP contribution in [-0.4, -0.2) is 17.1 Å². The lowest BCUT2D eigenvalue weighted by atomic mass is 10.0. The van der Waals surface area contributed by atoms with Crippen LogP contribution in [0.2, 0.25) is 0 Å². The molecule has 0 aromatic heterocycles. The van der Waals surface area contributed by atoms with E-state index in [9.17, 15) is 4.79 Å². The number of rotatable bonds is 3. The molecule has 1 aliphatic carbocycles.